The van der Waals surface area contributed by atoms with E-state index in [9.17, 15) is 19.2 Å². The fourth-order valence-corrected chi connectivity index (χ4v) is 1.69. The summed E-state index contributed by atoms with van der Waals surface area (Å²) in [7, 11) is 0. The number of aliphatic carboxylic acids is 4. The van der Waals surface area contributed by atoms with Gasteiger partial charge in [0.1, 0.15) is 11.8 Å². The molecule has 0 amide bonds. The minimum Gasteiger partial charge on any atom is -0.481 e. The maximum Gasteiger partial charge on any atom is 0.333 e. The van der Waals surface area contributed by atoms with E-state index in [4.69, 9.17) is 20.4 Å². The van der Waals surface area contributed by atoms with Gasteiger partial charge in [-0.3, -0.25) is 9.59 Å². The first kappa shape index (κ1) is 24.8. The Morgan fingerprint density at radius 3 is 1.09 bits per heavy atom. The number of ether oxygens (including phenoxy) is 1. The zero-order valence-corrected chi connectivity index (χ0v) is 12.3. The van der Waals surface area contributed by atoms with Gasteiger partial charge in [-0.1, -0.05) is 20.3 Å². The van der Waals surface area contributed by atoms with Crippen molar-refractivity contribution in [1.29, 1.82) is 0 Å². The van der Waals surface area contributed by atoms with Crippen LogP contribution in [0.3, 0.4) is 0 Å². The lowest BCUT2D eigenvalue weighted by Gasteiger charge is -2.13. The molecular formula is C11H22N2O9. The average molecular weight is 326 g/mol. The van der Waals surface area contributed by atoms with E-state index in [1.165, 1.54) is 6.42 Å². The van der Waals surface area contributed by atoms with Gasteiger partial charge >= 0.3 is 23.9 Å². The predicted molar refractivity (Wildman–Crippen MR) is 72.2 cm³/mol. The molecule has 1 saturated heterocycles. The van der Waals surface area contributed by atoms with Crippen molar-refractivity contribution in [3.63, 3.8) is 0 Å². The van der Waals surface area contributed by atoms with Crippen molar-refractivity contribution in [2.45, 2.75) is 32.5 Å². The van der Waals surface area contributed by atoms with E-state index >= 15 is 0 Å². The van der Waals surface area contributed by atoms with E-state index in [-0.39, 0.29) is 12.3 Å². The zero-order valence-electron chi connectivity index (χ0n) is 12.3. The molecule has 22 heavy (non-hydrogen) atoms. The van der Waals surface area contributed by atoms with Gasteiger partial charge in [0.25, 0.3) is 0 Å². The van der Waals surface area contributed by atoms with E-state index in [1.807, 2.05) is 0 Å². The molecule has 11 nitrogen and oxygen atoms in total. The van der Waals surface area contributed by atoms with Crippen LogP contribution in [0, 0.1) is 11.8 Å². The first-order chi connectivity index (χ1) is 9.18. The average Bonchev–Trinajstić information content (AvgIpc) is 2.70. The molecule has 130 valence electrons. The molecule has 1 heterocycles. The van der Waals surface area contributed by atoms with Crippen molar-refractivity contribution in [2.24, 2.45) is 11.8 Å². The summed E-state index contributed by atoms with van der Waals surface area (Å²) in [4.78, 5) is 43.0. The summed E-state index contributed by atoms with van der Waals surface area (Å²) < 4.78 is 4.47. The van der Waals surface area contributed by atoms with Crippen LogP contribution in [0.15, 0.2) is 0 Å². The smallest absolute Gasteiger partial charge is 0.333 e. The fourth-order valence-electron chi connectivity index (χ4n) is 1.69. The highest BCUT2D eigenvalue weighted by Gasteiger charge is 2.57. The molecule has 10 N–H and O–H groups in total. The highest BCUT2D eigenvalue weighted by molar-refractivity contribution is 5.92. The summed E-state index contributed by atoms with van der Waals surface area (Å²) in [6.45, 7) is 4.25. The van der Waals surface area contributed by atoms with Gasteiger partial charge in [-0.05, 0) is 0 Å². The van der Waals surface area contributed by atoms with Crippen molar-refractivity contribution < 1.29 is 44.3 Å². The minimum atomic E-state index is -1.99. The summed E-state index contributed by atoms with van der Waals surface area (Å²) in [6, 6.07) is 0. The van der Waals surface area contributed by atoms with Crippen LogP contribution in [0.25, 0.3) is 0 Å². The van der Waals surface area contributed by atoms with Gasteiger partial charge in [0.05, 0.1) is 0 Å². The Morgan fingerprint density at radius 1 is 0.727 bits per heavy atom. The predicted octanol–water partition coefficient (Wildman–Crippen LogP) is 0.0649. The van der Waals surface area contributed by atoms with Gasteiger partial charge in [0.15, 0.2) is 12.2 Å². The van der Waals surface area contributed by atoms with Crippen LogP contribution in [0.2, 0.25) is 0 Å². The van der Waals surface area contributed by atoms with Gasteiger partial charge in [-0.15, -0.1) is 0 Å². The molecule has 0 aromatic carbocycles. The summed E-state index contributed by atoms with van der Waals surface area (Å²) in [6.07, 6.45) is -2.73. The number of carboxylic acids is 4. The highest BCUT2D eigenvalue weighted by atomic mass is 16.6. The van der Waals surface area contributed by atoms with Crippen LogP contribution in [-0.4, -0.2) is 56.5 Å². The first-order valence-corrected chi connectivity index (χ1v) is 5.75. The Labute approximate surface area is 126 Å². The standard InChI is InChI=1S/C8H8O9.C3H8.2H3N/c9-5(10)1-2(6(11)12)4(8(15)16)17-3(1)7(13)14;1-3-2;;/h1-4H,(H,9,10)(H,11,12)(H,13,14)(H,15,16);3H2,1-2H3;2*1H3. The quantitative estimate of drug-likeness (QED) is 0.404. The Hall–Kier alpha value is -2.24. The number of rotatable bonds is 4. The third kappa shape index (κ3) is 5.63. The van der Waals surface area contributed by atoms with Crippen LogP contribution in [-0.2, 0) is 23.9 Å². The van der Waals surface area contributed by atoms with Crippen LogP contribution >= 0.6 is 0 Å². The molecule has 0 saturated carbocycles. The summed E-state index contributed by atoms with van der Waals surface area (Å²) in [5.41, 5.74) is 0. The number of hydrogen-bond acceptors (Lipinski definition) is 7. The second-order valence-electron chi connectivity index (χ2n) is 4.09. The molecule has 0 aliphatic carbocycles. The molecule has 4 unspecified atom stereocenters. The van der Waals surface area contributed by atoms with Crippen molar-refractivity contribution in [2.75, 3.05) is 0 Å². The topological polar surface area (TPSA) is 228 Å². The molecule has 0 radical (unpaired) electrons. The van der Waals surface area contributed by atoms with Gasteiger partial charge in [0, 0.05) is 0 Å². The second-order valence-corrected chi connectivity index (χ2v) is 4.09. The third-order valence-electron chi connectivity index (χ3n) is 2.39. The Bertz CT molecular complexity index is 376. The summed E-state index contributed by atoms with van der Waals surface area (Å²) >= 11 is 0. The normalized spacial score (nSPS) is 25.5. The van der Waals surface area contributed by atoms with Crippen molar-refractivity contribution in [1.82, 2.24) is 12.3 Å². The van der Waals surface area contributed by atoms with Gasteiger partial charge in [-0.2, -0.15) is 0 Å². The Kier molecular flexibility index (Phi) is 11.8. The summed E-state index contributed by atoms with van der Waals surface area (Å²) in [5.74, 6) is -10.8. The fraction of sp³-hybridized carbons (Fsp3) is 0.636. The molecule has 1 rings (SSSR count). The minimum absolute atomic E-state index is 0. The maximum absolute atomic E-state index is 10.8. The molecule has 1 aliphatic rings. The van der Waals surface area contributed by atoms with E-state index in [0.717, 1.165) is 0 Å². The van der Waals surface area contributed by atoms with Gasteiger partial charge in [-0.25, -0.2) is 9.59 Å². The first-order valence-electron chi connectivity index (χ1n) is 5.75. The largest absolute Gasteiger partial charge is 0.481 e. The van der Waals surface area contributed by atoms with E-state index in [2.05, 4.69) is 18.6 Å². The molecule has 0 bridgehead atoms. The van der Waals surface area contributed by atoms with Crippen LogP contribution < -0.4 is 12.3 Å². The SMILES string of the molecule is CCC.N.N.O=C(O)C1OC(C(=O)O)C(C(=O)O)C1C(=O)O. The van der Waals surface area contributed by atoms with Gasteiger partial charge in [0.2, 0.25) is 0 Å². The van der Waals surface area contributed by atoms with E-state index in [0.29, 0.717) is 0 Å². The highest BCUT2D eigenvalue weighted by Crippen LogP contribution is 2.33. The van der Waals surface area contributed by atoms with E-state index < -0.39 is 47.9 Å². The molecule has 11 heteroatoms. The number of carbonyl (C=O) groups is 4. The lowest BCUT2D eigenvalue weighted by Crippen LogP contribution is -2.39. The molecule has 0 spiro atoms. The maximum atomic E-state index is 10.8. The van der Waals surface area contributed by atoms with Crippen molar-refractivity contribution >= 4 is 23.9 Å². The lowest BCUT2D eigenvalue weighted by molar-refractivity contribution is -0.163. The molecule has 0 aromatic rings. The Balaban J connectivity index is -0.000000666. The van der Waals surface area contributed by atoms with Crippen molar-refractivity contribution in [3.05, 3.63) is 0 Å². The monoisotopic (exact) mass is 326 g/mol. The lowest BCUT2D eigenvalue weighted by atomic mass is 9.87. The molecule has 4 atom stereocenters. The Morgan fingerprint density at radius 2 is 0.955 bits per heavy atom. The van der Waals surface area contributed by atoms with Crippen molar-refractivity contribution in [3.8, 4) is 0 Å². The number of carboxylic acid groups (broad SMARTS) is 4. The van der Waals surface area contributed by atoms with E-state index in [1.54, 1.807) is 0 Å². The van der Waals surface area contributed by atoms with Crippen LogP contribution in [0.4, 0.5) is 0 Å². The molecular weight excluding hydrogens is 304 g/mol. The summed E-state index contributed by atoms with van der Waals surface area (Å²) in [5, 5.41) is 34.8. The molecule has 1 fully saturated rings. The molecule has 0 aromatic heterocycles. The number of hydrogen-bond donors (Lipinski definition) is 6. The van der Waals surface area contributed by atoms with Gasteiger partial charge < -0.3 is 37.5 Å². The molecule has 1 aliphatic heterocycles. The second kappa shape index (κ2) is 10.5. The van der Waals surface area contributed by atoms with Crippen LogP contribution in [0.5, 0.6) is 0 Å². The zero-order chi connectivity index (χ0) is 16.0. The van der Waals surface area contributed by atoms with Crippen LogP contribution in [0.1, 0.15) is 20.3 Å². The third-order valence-corrected chi connectivity index (χ3v) is 2.39.